The molecule has 4 heteroatoms. The van der Waals surface area contributed by atoms with Crippen LogP contribution >= 0.6 is 11.5 Å². The normalized spacial score (nSPS) is 16.3. The summed E-state index contributed by atoms with van der Waals surface area (Å²) in [7, 11) is 0. The molecule has 1 heterocycles. The van der Waals surface area contributed by atoms with Gasteiger partial charge in [-0.2, -0.15) is 4.37 Å². The number of hydrogen-bond acceptors (Lipinski definition) is 4. The minimum absolute atomic E-state index is 0.211. The third kappa shape index (κ3) is 1.97. The predicted molar refractivity (Wildman–Crippen MR) is 46.6 cm³/mol. The topological polar surface area (TPSA) is 51.8 Å². The van der Waals surface area contributed by atoms with Crippen molar-refractivity contribution in [3.63, 3.8) is 0 Å². The Balaban J connectivity index is 2.62. The Labute approximate surface area is 70.8 Å². The van der Waals surface area contributed by atoms with E-state index in [9.17, 15) is 0 Å². The van der Waals surface area contributed by atoms with Gasteiger partial charge in [-0.05, 0) is 18.0 Å². The summed E-state index contributed by atoms with van der Waals surface area (Å²) >= 11 is 1.43. The molecule has 0 saturated heterocycles. The molecule has 2 unspecified atom stereocenters. The van der Waals surface area contributed by atoms with Gasteiger partial charge in [0.2, 0.25) is 0 Å². The van der Waals surface area contributed by atoms with Gasteiger partial charge in [0.25, 0.3) is 0 Å². The summed E-state index contributed by atoms with van der Waals surface area (Å²) in [6.07, 6.45) is 2.57. The Hall–Kier alpha value is -0.480. The monoisotopic (exact) mass is 171 g/mol. The second kappa shape index (κ2) is 3.78. The van der Waals surface area contributed by atoms with Crippen LogP contribution < -0.4 is 5.73 Å². The molecule has 2 N–H and O–H groups in total. The van der Waals surface area contributed by atoms with Crippen molar-refractivity contribution in [1.82, 2.24) is 9.36 Å². The molecular weight excluding hydrogens is 158 g/mol. The van der Waals surface area contributed by atoms with Crippen LogP contribution in [0.25, 0.3) is 0 Å². The molecule has 0 aliphatic heterocycles. The van der Waals surface area contributed by atoms with E-state index in [0.717, 1.165) is 11.4 Å². The lowest BCUT2D eigenvalue weighted by molar-refractivity contribution is 0.549. The Morgan fingerprint density at radius 2 is 2.45 bits per heavy atom. The summed E-state index contributed by atoms with van der Waals surface area (Å²) in [5.41, 5.74) is 5.85. The van der Waals surface area contributed by atoms with E-state index in [2.05, 4.69) is 23.2 Å². The molecule has 0 radical (unpaired) electrons. The van der Waals surface area contributed by atoms with Crippen molar-refractivity contribution in [3.8, 4) is 0 Å². The Bertz CT molecular complexity index is 197. The molecule has 2 atom stereocenters. The highest BCUT2D eigenvalue weighted by atomic mass is 32.1. The van der Waals surface area contributed by atoms with Gasteiger partial charge in [-0.1, -0.05) is 13.8 Å². The number of nitrogens with two attached hydrogens (primary N) is 1. The molecule has 0 amide bonds. The zero-order valence-electron chi connectivity index (χ0n) is 6.82. The minimum atomic E-state index is 0.211. The Morgan fingerprint density at radius 1 is 1.73 bits per heavy atom. The molecule has 0 aliphatic carbocycles. The highest BCUT2D eigenvalue weighted by molar-refractivity contribution is 7.05. The second-order valence-electron chi connectivity index (χ2n) is 2.64. The van der Waals surface area contributed by atoms with Gasteiger partial charge in [0.1, 0.15) is 11.3 Å². The Morgan fingerprint density at radius 3 is 2.91 bits per heavy atom. The first-order valence-corrected chi connectivity index (χ1v) is 4.55. The zero-order valence-corrected chi connectivity index (χ0v) is 7.64. The SMILES string of the molecule is CCC(N)C(C)c1ncns1. The van der Waals surface area contributed by atoms with Crippen molar-refractivity contribution in [2.45, 2.75) is 32.2 Å². The van der Waals surface area contributed by atoms with Gasteiger partial charge in [-0.15, -0.1) is 0 Å². The molecule has 3 nitrogen and oxygen atoms in total. The molecule has 11 heavy (non-hydrogen) atoms. The lowest BCUT2D eigenvalue weighted by Gasteiger charge is -2.14. The van der Waals surface area contributed by atoms with Crippen molar-refractivity contribution in [1.29, 1.82) is 0 Å². The zero-order chi connectivity index (χ0) is 8.27. The summed E-state index contributed by atoms with van der Waals surface area (Å²) in [5.74, 6) is 0.340. The van der Waals surface area contributed by atoms with Gasteiger partial charge in [-0.3, -0.25) is 0 Å². The molecule has 1 rings (SSSR count). The van der Waals surface area contributed by atoms with Gasteiger partial charge < -0.3 is 5.73 Å². The van der Waals surface area contributed by atoms with E-state index in [4.69, 9.17) is 5.73 Å². The van der Waals surface area contributed by atoms with Crippen molar-refractivity contribution >= 4 is 11.5 Å². The van der Waals surface area contributed by atoms with E-state index in [1.165, 1.54) is 11.5 Å². The highest BCUT2D eigenvalue weighted by Gasteiger charge is 2.15. The molecular formula is C7H13N3S. The van der Waals surface area contributed by atoms with E-state index in [0.29, 0.717) is 5.92 Å². The number of hydrogen-bond donors (Lipinski definition) is 1. The molecule has 62 valence electrons. The average Bonchev–Trinajstić information content (AvgIpc) is 2.53. The molecule has 1 aromatic rings. The predicted octanol–water partition coefficient (Wildman–Crippen LogP) is 1.38. The minimum Gasteiger partial charge on any atom is -0.327 e. The molecule has 0 bridgehead atoms. The first kappa shape index (κ1) is 8.62. The van der Waals surface area contributed by atoms with E-state index in [1.807, 2.05) is 0 Å². The van der Waals surface area contributed by atoms with Crippen molar-refractivity contribution in [2.75, 3.05) is 0 Å². The fourth-order valence-electron chi connectivity index (χ4n) is 0.919. The molecule has 1 aromatic heterocycles. The molecule has 0 aliphatic rings. The van der Waals surface area contributed by atoms with Crippen LogP contribution in [0, 0.1) is 0 Å². The van der Waals surface area contributed by atoms with Crippen molar-refractivity contribution in [2.24, 2.45) is 5.73 Å². The standard InChI is InChI=1S/C7H13N3S/c1-3-6(8)5(2)7-9-4-10-11-7/h4-6H,3,8H2,1-2H3. The van der Waals surface area contributed by atoms with Crippen LogP contribution in [0.15, 0.2) is 6.33 Å². The maximum absolute atomic E-state index is 5.85. The Kier molecular flexibility index (Phi) is 2.96. The largest absolute Gasteiger partial charge is 0.327 e. The van der Waals surface area contributed by atoms with Crippen LogP contribution in [0.5, 0.6) is 0 Å². The summed E-state index contributed by atoms with van der Waals surface area (Å²) in [4.78, 5) is 4.11. The van der Waals surface area contributed by atoms with E-state index < -0.39 is 0 Å². The summed E-state index contributed by atoms with van der Waals surface area (Å²) in [6.45, 7) is 4.18. The molecule has 0 spiro atoms. The fraction of sp³-hybridized carbons (Fsp3) is 0.714. The lowest BCUT2D eigenvalue weighted by Crippen LogP contribution is -2.25. The van der Waals surface area contributed by atoms with Crippen LogP contribution in [-0.2, 0) is 0 Å². The van der Waals surface area contributed by atoms with E-state index in [1.54, 1.807) is 6.33 Å². The first-order chi connectivity index (χ1) is 5.25. The quantitative estimate of drug-likeness (QED) is 0.747. The van der Waals surface area contributed by atoms with Gasteiger partial charge in [0, 0.05) is 12.0 Å². The van der Waals surface area contributed by atoms with Gasteiger partial charge in [0.15, 0.2) is 0 Å². The molecule has 0 aromatic carbocycles. The van der Waals surface area contributed by atoms with Crippen molar-refractivity contribution < 1.29 is 0 Å². The summed E-state index contributed by atoms with van der Waals surface area (Å²) in [6, 6.07) is 0.211. The number of rotatable bonds is 3. The van der Waals surface area contributed by atoms with Crippen LogP contribution in [-0.4, -0.2) is 15.4 Å². The van der Waals surface area contributed by atoms with E-state index >= 15 is 0 Å². The highest BCUT2D eigenvalue weighted by Crippen LogP contribution is 2.19. The maximum Gasteiger partial charge on any atom is 0.129 e. The summed E-state index contributed by atoms with van der Waals surface area (Å²) in [5, 5.41) is 1.04. The van der Waals surface area contributed by atoms with E-state index in [-0.39, 0.29) is 6.04 Å². The number of nitrogens with zero attached hydrogens (tertiary/aromatic N) is 2. The maximum atomic E-state index is 5.85. The lowest BCUT2D eigenvalue weighted by atomic mass is 10.0. The van der Waals surface area contributed by atoms with Crippen LogP contribution in [0.2, 0.25) is 0 Å². The first-order valence-electron chi connectivity index (χ1n) is 3.77. The third-order valence-electron chi connectivity index (χ3n) is 1.88. The van der Waals surface area contributed by atoms with Gasteiger partial charge in [-0.25, -0.2) is 4.98 Å². The molecule has 0 fully saturated rings. The van der Waals surface area contributed by atoms with Crippen LogP contribution in [0.3, 0.4) is 0 Å². The number of aromatic nitrogens is 2. The van der Waals surface area contributed by atoms with Gasteiger partial charge >= 0.3 is 0 Å². The van der Waals surface area contributed by atoms with Crippen molar-refractivity contribution in [3.05, 3.63) is 11.3 Å². The van der Waals surface area contributed by atoms with Crippen LogP contribution in [0.4, 0.5) is 0 Å². The van der Waals surface area contributed by atoms with Gasteiger partial charge in [0.05, 0.1) is 0 Å². The van der Waals surface area contributed by atoms with Crippen LogP contribution in [0.1, 0.15) is 31.2 Å². The second-order valence-corrected chi connectivity index (χ2v) is 3.45. The average molecular weight is 171 g/mol. The fourth-order valence-corrected chi connectivity index (χ4v) is 1.56. The third-order valence-corrected chi connectivity index (χ3v) is 2.75. The summed E-state index contributed by atoms with van der Waals surface area (Å²) < 4.78 is 3.93. The smallest absolute Gasteiger partial charge is 0.129 e. The molecule has 0 saturated carbocycles.